The lowest BCUT2D eigenvalue weighted by Crippen LogP contribution is -2.18. The first-order chi connectivity index (χ1) is 22.5. The van der Waals surface area contributed by atoms with Crippen LogP contribution in [0.5, 0.6) is 0 Å². The van der Waals surface area contributed by atoms with E-state index in [-0.39, 0.29) is 16.7 Å². The van der Waals surface area contributed by atoms with E-state index in [0.717, 1.165) is 12.8 Å². The van der Waals surface area contributed by atoms with E-state index in [1.165, 1.54) is 72.5 Å². The van der Waals surface area contributed by atoms with Gasteiger partial charge in [0.15, 0.2) is 0 Å². The molecule has 3 aliphatic rings. The van der Waals surface area contributed by atoms with Crippen LogP contribution in [0.2, 0.25) is 0 Å². The molecule has 0 saturated heterocycles. The third-order valence-corrected chi connectivity index (χ3v) is 11.5. The Bertz CT molecular complexity index is 2340. The van der Waals surface area contributed by atoms with Gasteiger partial charge in [-0.1, -0.05) is 138 Å². The molecule has 0 radical (unpaired) electrons. The summed E-state index contributed by atoms with van der Waals surface area (Å²) < 4.78 is 0. The van der Waals surface area contributed by atoms with E-state index in [0.29, 0.717) is 0 Å². The van der Waals surface area contributed by atoms with Gasteiger partial charge in [-0.3, -0.25) is 0 Å². The molecule has 6 aromatic carbocycles. The van der Waals surface area contributed by atoms with Gasteiger partial charge in [-0.25, -0.2) is 0 Å². The Morgan fingerprint density at radius 1 is 0.596 bits per heavy atom. The minimum absolute atomic E-state index is 0.112. The van der Waals surface area contributed by atoms with Crippen molar-refractivity contribution < 1.29 is 0 Å². The predicted octanol–water partition coefficient (Wildman–Crippen LogP) is 12.5. The number of hydrogen-bond donors (Lipinski definition) is 0. The minimum Gasteiger partial charge on any atom is -0.0616 e. The van der Waals surface area contributed by atoms with E-state index in [9.17, 15) is 0 Å². The summed E-state index contributed by atoms with van der Waals surface area (Å²) in [6.45, 7) is 16.7. The number of benzene rings is 6. The fourth-order valence-electron chi connectivity index (χ4n) is 9.53. The second-order valence-corrected chi connectivity index (χ2v) is 16.5. The van der Waals surface area contributed by atoms with Gasteiger partial charge in [0.05, 0.1) is 0 Å². The average Bonchev–Trinajstić information content (AvgIpc) is 3.72. The molecule has 0 fully saturated rings. The highest BCUT2D eigenvalue weighted by Crippen LogP contribution is 2.56. The summed E-state index contributed by atoms with van der Waals surface area (Å²) in [5.74, 6) is 0.266. The van der Waals surface area contributed by atoms with Gasteiger partial charge in [0.25, 0.3) is 0 Å². The molecule has 0 aliphatic heterocycles. The molecule has 47 heavy (non-hydrogen) atoms. The van der Waals surface area contributed by atoms with Crippen LogP contribution in [0.4, 0.5) is 0 Å². The summed E-state index contributed by atoms with van der Waals surface area (Å²) >= 11 is 0. The summed E-state index contributed by atoms with van der Waals surface area (Å²) in [6, 6.07) is 34.7. The summed E-state index contributed by atoms with van der Waals surface area (Å²) in [4.78, 5) is 0. The summed E-state index contributed by atoms with van der Waals surface area (Å²) in [5, 5.41) is 5.29. The lowest BCUT2D eigenvalue weighted by atomic mass is 9.74. The fourth-order valence-corrected chi connectivity index (χ4v) is 9.53. The number of rotatable bonds is 2. The predicted molar refractivity (Wildman–Crippen MR) is 202 cm³/mol. The van der Waals surface area contributed by atoms with Gasteiger partial charge in [0.1, 0.15) is 0 Å². The molecule has 3 aliphatic carbocycles. The van der Waals surface area contributed by atoms with E-state index in [1.54, 1.807) is 33.4 Å². The maximum Gasteiger partial charge on any atom is 0.0314 e. The maximum absolute atomic E-state index is 2.52. The first-order valence-corrected chi connectivity index (χ1v) is 17.6. The third-order valence-electron chi connectivity index (χ3n) is 11.5. The van der Waals surface area contributed by atoms with Crippen molar-refractivity contribution in [2.24, 2.45) is 0 Å². The fraction of sp³-hybridized carbons (Fsp3) is 0.277. The quantitative estimate of drug-likeness (QED) is 0.171. The first-order valence-electron chi connectivity index (χ1n) is 17.6. The highest BCUT2D eigenvalue weighted by molar-refractivity contribution is 6.14. The molecule has 0 heteroatoms. The first kappa shape index (κ1) is 28.8. The van der Waals surface area contributed by atoms with Gasteiger partial charge in [0, 0.05) is 5.92 Å². The SMILES string of the molecule is CC1=Cc2c(-c3cc4ccccc4c4ccccc34)cccc2C1c1c2c(C(C)(C)C)c(c3c1-c1ccc(C(C)(C)C)cc1C3)CC2. The van der Waals surface area contributed by atoms with Gasteiger partial charge < -0.3 is 0 Å². The van der Waals surface area contributed by atoms with Gasteiger partial charge in [-0.05, 0) is 137 Å². The van der Waals surface area contributed by atoms with Crippen LogP contribution in [0, 0.1) is 0 Å². The lowest BCUT2D eigenvalue weighted by molar-refractivity contribution is 0.584. The molecule has 0 heterocycles. The number of hydrogen-bond acceptors (Lipinski definition) is 0. The van der Waals surface area contributed by atoms with Gasteiger partial charge >= 0.3 is 0 Å². The summed E-state index contributed by atoms with van der Waals surface area (Å²) in [6.07, 6.45) is 5.92. The van der Waals surface area contributed by atoms with Crippen molar-refractivity contribution >= 4 is 27.6 Å². The van der Waals surface area contributed by atoms with Crippen molar-refractivity contribution in [3.63, 3.8) is 0 Å². The zero-order valence-electron chi connectivity index (χ0n) is 28.9. The monoisotopic (exact) mass is 608 g/mol. The highest BCUT2D eigenvalue weighted by Gasteiger charge is 2.41. The van der Waals surface area contributed by atoms with E-state index in [2.05, 4.69) is 146 Å². The van der Waals surface area contributed by atoms with Crippen LogP contribution < -0.4 is 0 Å². The van der Waals surface area contributed by atoms with Crippen molar-refractivity contribution in [2.45, 2.75) is 84.5 Å². The molecule has 0 aromatic heterocycles. The van der Waals surface area contributed by atoms with Crippen LogP contribution in [0.15, 0.2) is 96.6 Å². The second-order valence-electron chi connectivity index (χ2n) is 16.5. The largest absolute Gasteiger partial charge is 0.0616 e. The molecule has 1 unspecified atom stereocenters. The van der Waals surface area contributed by atoms with Crippen LogP contribution in [0.25, 0.3) is 49.9 Å². The van der Waals surface area contributed by atoms with E-state index in [1.807, 2.05) is 0 Å². The topological polar surface area (TPSA) is 0 Å². The standard InChI is InChI=1S/C47H44/c1-27-23-39-35(40-25-28-13-8-9-14-31(28)33-15-10-11-16-34(33)40)17-12-18-36(39)42(27)44-38-22-21-37(45(38)47(5,6)7)41-26-29-24-30(46(2,3)4)19-20-32(29)43(41)44/h8-20,23-25,42H,21-22,26H2,1-7H3. The molecule has 0 spiro atoms. The van der Waals surface area contributed by atoms with Crippen LogP contribution in [-0.4, -0.2) is 0 Å². The van der Waals surface area contributed by atoms with Gasteiger partial charge in [-0.15, -0.1) is 0 Å². The molecule has 9 rings (SSSR count). The molecule has 0 saturated carbocycles. The number of allylic oxidation sites excluding steroid dienone is 1. The maximum atomic E-state index is 2.52. The summed E-state index contributed by atoms with van der Waals surface area (Å²) in [7, 11) is 0. The van der Waals surface area contributed by atoms with Gasteiger partial charge in [0.2, 0.25) is 0 Å². The third kappa shape index (κ3) is 4.13. The number of fused-ring (bicyclic) bond motifs is 10. The van der Waals surface area contributed by atoms with E-state index in [4.69, 9.17) is 0 Å². The average molecular weight is 609 g/mol. The molecule has 0 nitrogen and oxygen atoms in total. The Balaban J connectivity index is 1.30. The Kier molecular flexibility index (Phi) is 6.00. The minimum atomic E-state index is 0.112. The van der Waals surface area contributed by atoms with E-state index < -0.39 is 0 Å². The Hall–Kier alpha value is -4.42. The van der Waals surface area contributed by atoms with Crippen LogP contribution >= 0.6 is 0 Å². The molecule has 0 amide bonds. The smallest absolute Gasteiger partial charge is 0.0314 e. The zero-order chi connectivity index (χ0) is 32.4. The van der Waals surface area contributed by atoms with Crippen molar-refractivity contribution in [1.29, 1.82) is 0 Å². The van der Waals surface area contributed by atoms with Crippen LogP contribution in [0.3, 0.4) is 0 Å². The van der Waals surface area contributed by atoms with Crippen molar-refractivity contribution in [3.05, 3.63) is 147 Å². The molecule has 0 N–H and O–H groups in total. The molecular weight excluding hydrogens is 565 g/mol. The Labute approximate surface area is 280 Å². The lowest BCUT2D eigenvalue weighted by Gasteiger charge is -2.30. The normalized spacial score (nSPS) is 16.5. The molecule has 2 bridgehead atoms. The van der Waals surface area contributed by atoms with Crippen molar-refractivity contribution in [1.82, 2.24) is 0 Å². The van der Waals surface area contributed by atoms with Crippen molar-refractivity contribution in [3.8, 4) is 22.3 Å². The second kappa shape index (κ2) is 9.80. The van der Waals surface area contributed by atoms with Crippen LogP contribution in [0.1, 0.15) is 104 Å². The highest BCUT2D eigenvalue weighted by atomic mass is 14.4. The van der Waals surface area contributed by atoms with Crippen molar-refractivity contribution in [2.75, 3.05) is 0 Å². The summed E-state index contributed by atoms with van der Waals surface area (Å²) in [5.41, 5.74) is 21.4. The molecular formula is C47H44. The molecule has 1 atom stereocenters. The molecule has 6 aromatic rings. The van der Waals surface area contributed by atoms with E-state index >= 15 is 0 Å². The zero-order valence-corrected chi connectivity index (χ0v) is 28.9. The Morgan fingerprint density at radius 3 is 2.09 bits per heavy atom. The molecule has 232 valence electrons. The van der Waals surface area contributed by atoms with Crippen LogP contribution in [-0.2, 0) is 30.1 Å². The van der Waals surface area contributed by atoms with Gasteiger partial charge in [-0.2, -0.15) is 0 Å². The Morgan fingerprint density at radius 2 is 1.32 bits per heavy atom.